The summed E-state index contributed by atoms with van der Waals surface area (Å²) in [5.41, 5.74) is 5.65. The Bertz CT molecular complexity index is 577. The average Bonchev–Trinajstić information content (AvgIpc) is 2.54. The number of hydrogen-bond acceptors (Lipinski definition) is 2. The van der Waals surface area contributed by atoms with Gasteiger partial charge in [-0.1, -0.05) is 42.5 Å². The maximum atomic E-state index is 3.48. The molecule has 0 unspecified atom stereocenters. The molecule has 0 fully saturated rings. The van der Waals surface area contributed by atoms with E-state index in [9.17, 15) is 0 Å². The molecule has 1 aliphatic rings. The van der Waals surface area contributed by atoms with Crippen molar-refractivity contribution in [3.05, 3.63) is 65.2 Å². The van der Waals surface area contributed by atoms with Gasteiger partial charge in [0.15, 0.2) is 0 Å². The highest BCUT2D eigenvalue weighted by Crippen LogP contribution is 2.23. The topological polar surface area (TPSA) is 15.3 Å². The van der Waals surface area contributed by atoms with Gasteiger partial charge in [0.1, 0.15) is 0 Å². The predicted molar refractivity (Wildman–Crippen MR) is 89.7 cm³/mol. The Labute approximate surface area is 127 Å². The first-order valence-electron chi connectivity index (χ1n) is 7.89. The lowest BCUT2D eigenvalue weighted by molar-refractivity contribution is 0.331. The molecule has 0 bridgehead atoms. The second kappa shape index (κ2) is 6.77. The minimum Gasteiger partial charge on any atom is -0.385 e. The van der Waals surface area contributed by atoms with Crippen molar-refractivity contribution in [2.75, 3.05) is 25.5 Å². The van der Waals surface area contributed by atoms with E-state index in [-0.39, 0.29) is 0 Å². The number of anilines is 1. The van der Waals surface area contributed by atoms with Crippen LogP contribution in [-0.2, 0) is 19.4 Å². The molecule has 0 aliphatic carbocycles. The van der Waals surface area contributed by atoms with Crippen molar-refractivity contribution in [3.63, 3.8) is 0 Å². The smallest absolute Gasteiger partial charge is 0.0372 e. The Balaban J connectivity index is 1.56. The van der Waals surface area contributed by atoms with Gasteiger partial charge >= 0.3 is 0 Å². The molecule has 110 valence electrons. The molecule has 2 nitrogen and oxygen atoms in total. The highest BCUT2D eigenvalue weighted by Gasteiger charge is 2.09. The SMILES string of the molecule is CN(CCc1ccccc1)Cc1ccc2c(c1)CCCN2. The third-order valence-corrected chi connectivity index (χ3v) is 4.19. The van der Waals surface area contributed by atoms with Crippen LogP contribution >= 0.6 is 0 Å². The summed E-state index contributed by atoms with van der Waals surface area (Å²) in [7, 11) is 2.21. The molecular weight excluding hydrogens is 256 g/mol. The van der Waals surface area contributed by atoms with Gasteiger partial charge in [-0.25, -0.2) is 0 Å². The Morgan fingerprint density at radius 1 is 1.05 bits per heavy atom. The summed E-state index contributed by atoms with van der Waals surface area (Å²) in [6, 6.07) is 17.6. The zero-order valence-electron chi connectivity index (χ0n) is 12.8. The maximum absolute atomic E-state index is 3.48. The highest BCUT2D eigenvalue weighted by molar-refractivity contribution is 5.54. The lowest BCUT2D eigenvalue weighted by Crippen LogP contribution is -2.21. The molecule has 1 N–H and O–H groups in total. The van der Waals surface area contributed by atoms with Crippen molar-refractivity contribution >= 4 is 5.69 Å². The Morgan fingerprint density at radius 2 is 1.90 bits per heavy atom. The fraction of sp³-hybridized carbons (Fsp3) is 0.368. The van der Waals surface area contributed by atoms with Crippen LogP contribution in [0.4, 0.5) is 5.69 Å². The van der Waals surface area contributed by atoms with Gasteiger partial charge in [-0.05, 0) is 49.1 Å². The van der Waals surface area contributed by atoms with Gasteiger partial charge in [-0.2, -0.15) is 0 Å². The van der Waals surface area contributed by atoms with Gasteiger partial charge in [-0.3, -0.25) is 0 Å². The van der Waals surface area contributed by atoms with Crippen LogP contribution in [0.2, 0.25) is 0 Å². The van der Waals surface area contributed by atoms with Crippen LogP contribution in [-0.4, -0.2) is 25.0 Å². The summed E-state index contributed by atoms with van der Waals surface area (Å²) in [6.45, 7) is 3.24. The first-order valence-corrected chi connectivity index (χ1v) is 7.89. The van der Waals surface area contributed by atoms with Crippen LogP contribution in [0.5, 0.6) is 0 Å². The normalized spacial score (nSPS) is 13.8. The number of rotatable bonds is 5. The van der Waals surface area contributed by atoms with E-state index in [4.69, 9.17) is 0 Å². The van der Waals surface area contributed by atoms with Crippen molar-refractivity contribution in [3.8, 4) is 0 Å². The number of likely N-dealkylation sites (N-methyl/N-ethyl adjacent to an activating group) is 1. The van der Waals surface area contributed by atoms with E-state index < -0.39 is 0 Å². The Hall–Kier alpha value is -1.80. The summed E-state index contributed by atoms with van der Waals surface area (Å²) < 4.78 is 0. The van der Waals surface area contributed by atoms with Gasteiger partial charge in [0.2, 0.25) is 0 Å². The van der Waals surface area contributed by atoms with E-state index in [1.807, 2.05) is 0 Å². The number of hydrogen-bond donors (Lipinski definition) is 1. The van der Waals surface area contributed by atoms with Crippen LogP contribution in [0.1, 0.15) is 23.1 Å². The molecular formula is C19H24N2. The molecule has 2 aromatic rings. The summed E-state index contributed by atoms with van der Waals surface area (Å²) in [5.74, 6) is 0. The molecule has 3 rings (SSSR count). The average molecular weight is 280 g/mol. The first kappa shape index (κ1) is 14.2. The van der Waals surface area contributed by atoms with E-state index in [0.717, 1.165) is 26.1 Å². The van der Waals surface area contributed by atoms with Crippen molar-refractivity contribution in [2.45, 2.75) is 25.8 Å². The minimum atomic E-state index is 1.03. The molecule has 2 heteroatoms. The zero-order chi connectivity index (χ0) is 14.5. The van der Waals surface area contributed by atoms with Crippen LogP contribution in [0.15, 0.2) is 48.5 Å². The van der Waals surface area contributed by atoms with E-state index in [0.29, 0.717) is 0 Å². The summed E-state index contributed by atoms with van der Waals surface area (Å²) >= 11 is 0. The number of aryl methyl sites for hydroxylation is 1. The van der Waals surface area contributed by atoms with Gasteiger partial charge < -0.3 is 10.2 Å². The molecule has 0 saturated carbocycles. The highest BCUT2D eigenvalue weighted by atomic mass is 15.1. The second-order valence-electron chi connectivity index (χ2n) is 6.00. The van der Waals surface area contributed by atoms with Gasteiger partial charge in [-0.15, -0.1) is 0 Å². The largest absolute Gasteiger partial charge is 0.385 e. The fourth-order valence-electron chi connectivity index (χ4n) is 2.98. The third kappa shape index (κ3) is 3.85. The van der Waals surface area contributed by atoms with Crippen molar-refractivity contribution < 1.29 is 0 Å². The lowest BCUT2D eigenvalue weighted by Gasteiger charge is -2.21. The lowest BCUT2D eigenvalue weighted by atomic mass is 10.0. The summed E-state index contributed by atoms with van der Waals surface area (Å²) in [5, 5.41) is 3.48. The molecule has 1 heterocycles. The van der Waals surface area contributed by atoms with Gasteiger partial charge in [0.05, 0.1) is 0 Å². The first-order chi connectivity index (χ1) is 10.3. The molecule has 0 amide bonds. The molecule has 1 aliphatic heterocycles. The maximum Gasteiger partial charge on any atom is 0.0372 e. The van der Waals surface area contributed by atoms with Crippen LogP contribution in [0, 0.1) is 0 Å². The number of nitrogens with one attached hydrogen (secondary N) is 1. The standard InChI is InChI=1S/C19H24N2/c1-21(13-11-16-6-3-2-4-7-16)15-17-9-10-19-18(14-17)8-5-12-20-19/h2-4,6-7,9-10,14,20H,5,8,11-13,15H2,1H3. The van der Waals surface area contributed by atoms with Gasteiger partial charge in [0, 0.05) is 25.3 Å². The number of fused-ring (bicyclic) bond motifs is 1. The molecule has 0 atom stereocenters. The van der Waals surface area contributed by atoms with E-state index in [2.05, 4.69) is 65.8 Å². The molecule has 0 spiro atoms. The third-order valence-electron chi connectivity index (χ3n) is 4.19. The van der Waals surface area contributed by atoms with E-state index in [1.54, 1.807) is 0 Å². The predicted octanol–water partition coefficient (Wildman–Crippen LogP) is 3.72. The minimum absolute atomic E-state index is 1.03. The Morgan fingerprint density at radius 3 is 2.76 bits per heavy atom. The fourth-order valence-corrected chi connectivity index (χ4v) is 2.98. The molecule has 0 saturated heterocycles. The van der Waals surface area contributed by atoms with Crippen LogP contribution in [0.3, 0.4) is 0 Å². The molecule has 0 aromatic heterocycles. The summed E-state index contributed by atoms with van der Waals surface area (Å²) in [4.78, 5) is 2.41. The van der Waals surface area contributed by atoms with Gasteiger partial charge in [0.25, 0.3) is 0 Å². The van der Waals surface area contributed by atoms with Crippen molar-refractivity contribution in [1.29, 1.82) is 0 Å². The quantitative estimate of drug-likeness (QED) is 0.898. The molecule has 2 aromatic carbocycles. The van der Waals surface area contributed by atoms with Crippen LogP contribution in [0.25, 0.3) is 0 Å². The second-order valence-corrected chi connectivity index (χ2v) is 6.00. The Kier molecular flexibility index (Phi) is 4.56. The van der Waals surface area contributed by atoms with E-state index >= 15 is 0 Å². The number of nitrogens with zero attached hydrogens (tertiary/aromatic N) is 1. The van der Waals surface area contributed by atoms with Crippen molar-refractivity contribution in [2.24, 2.45) is 0 Å². The molecule has 21 heavy (non-hydrogen) atoms. The monoisotopic (exact) mass is 280 g/mol. The molecule has 0 radical (unpaired) electrons. The van der Waals surface area contributed by atoms with Crippen molar-refractivity contribution in [1.82, 2.24) is 4.90 Å². The zero-order valence-corrected chi connectivity index (χ0v) is 12.8. The summed E-state index contributed by atoms with van der Waals surface area (Å²) in [6.07, 6.45) is 3.58. The van der Waals surface area contributed by atoms with Crippen LogP contribution < -0.4 is 5.32 Å². The number of benzene rings is 2. The van der Waals surface area contributed by atoms with E-state index in [1.165, 1.54) is 35.2 Å².